The molecule has 1 rings (SSSR count). The molecule has 0 atom stereocenters. The molecular weight excluding hydrogens is 316 g/mol. The number of hydrogen-bond acceptors (Lipinski definition) is 3. The van der Waals surface area contributed by atoms with E-state index in [0.29, 0.717) is 0 Å². The Morgan fingerprint density at radius 1 is 1.29 bits per heavy atom. The minimum atomic E-state index is -4.38. The minimum Gasteiger partial charge on any atom is -0.478 e. The fourth-order valence-corrected chi connectivity index (χ4v) is 1.68. The second-order valence-corrected chi connectivity index (χ2v) is 4.83. The number of nitrogens with one attached hydrogen (secondary N) is 2. The zero-order valence-electron chi connectivity index (χ0n) is 10.3. The largest absolute Gasteiger partial charge is 0.478 e. The van der Waals surface area contributed by atoms with Crippen molar-refractivity contribution in [3.05, 3.63) is 29.6 Å². The van der Waals surface area contributed by atoms with E-state index >= 15 is 0 Å². The summed E-state index contributed by atoms with van der Waals surface area (Å²) >= 11 is -0.292. The summed E-state index contributed by atoms with van der Waals surface area (Å²) in [6.45, 7) is -0.259. The Morgan fingerprint density at radius 3 is 2.48 bits per heavy atom. The highest BCUT2D eigenvalue weighted by molar-refractivity contribution is 8.00. The number of halogens is 4. The summed E-state index contributed by atoms with van der Waals surface area (Å²) < 4.78 is 48.9. The maximum absolute atomic E-state index is 13.5. The van der Waals surface area contributed by atoms with Gasteiger partial charge in [-0.1, -0.05) is 0 Å². The second-order valence-electron chi connectivity index (χ2n) is 3.67. The first-order chi connectivity index (χ1) is 9.69. The molecule has 116 valence electrons. The summed E-state index contributed by atoms with van der Waals surface area (Å²) in [6.07, 6.45) is 0. The molecule has 10 heteroatoms. The SMILES string of the molecule is O=C(NCCSC(F)(F)F)Nc1ccc(C(=O)O)cc1F. The van der Waals surface area contributed by atoms with Gasteiger partial charge >= 0.3 is 17.5 Å². The Balaban J connectivity index is 2.46. The first-order valence-electron chi connectivity index (χ1n) is 5.47. The molecule has 21 heavy (non-hydrogen) atoms. The van der Waals surface area contributed by atoms with Crippen LogP contribution >= 0.6 is 11.8 Å². The van der Waals surface area contributed by atoms with Crippen molar-refractivity contribution in [3.63, 3.8) is 0 Å². The van der Waals surface area contributed by atoms with E-state index in [1.807, 2.05) is 0 Å². The maximum atomic E-state index is 13.5. The molecule has 3 N–H and O–H groups in total. The molecule has 0 bridgehead atoms. The molecular formula is C11H10F4N2O3S. The molecule has 0 aliphatic heterocycles. The fourth-order valence-electron chi connectivity index (χ4n) is 1.25. The van der Waals surface area contributed by atoms with Crippen molar-refractivity contribution >= 4 is 29.4 Å². The van der Waals surface area contributed by atoms with Crippen LogP contribution in [0.3, 0.4) is 0 Å². The Kier molecular flexibility index (Phi) is 5.82. The molecule has 0 saturated carbocycles. The predicted octanol–water partition coefficient (Wildman–Crippen LogP) is 2.90. The second kappa shape index (κ2) is 7.16. The van der Waals surface area contributed by atoms with Crippen LogP contribution in [0.15, 0.2) is 18.2 Å². The topological polar surface area (TPSA) is 78.4 Å². The van der Waals surface area contributed by atoms with Crippen LogP contribution in [-0.2, 0) is 0 Å². The van der Waals surface area contributed by atoms with E-state index < -0.39 is 23.3 Å². The monoisotopic (exact) mass is 326 g/mol. The van der Waals surface area contributed by atoms with Crippen LogP contribution in [0.25, 0.3) is 0 Å². The lowest BCUT2D eigenvalue weighted by Crippen LogP contribution is -2.31. The van der Waals surface area contributed by atoms with Crippen LogP contribution in [0.1, 0.15) is 10.4 Å². The van der Waals surface area contributed by atoms with Gasteiger partial charge < -0.3 is 15.7 Å². The maximum Gasteiger partial charge on any atom is 0.441 e. The van der Waals surface area contributed by atoms with E-state index in [2.05, 4.69) is 10.6 Å². The highest BCUT2D eigenvalue weighted by Crippen LogP contribution is 2.29. The van der Waals surface area contributed by atoms with E-state index in [-0.39, 0.29) is 35.3 Å². The van der Waals surface area contributed by atoms with Gasteiger partial charge in [0, 0.05) is 12.3 Å². The third-order valence-electron chi connectivity index (χ3n) is 2.12. The quantitative estimate of drug-likeness (QED) is 0.574. The van der Waals surface area contributed by atoms with E-state index in [9.17, 15) is 27.2 Å². The van der Waals surface area contributed by atoms with E-state index in [0.717, 1.165) is 18.2 Å². The summed E-state index contributed by atoms with van der Waals surface area (Å²) in [5, 5.41) is 12.8. The zero-order chi connectivity index (χ0) is 16.0. The Labute approximate surface area is 120 Å². The number of carbonyl (C=O) groups is 2. The molecule has 0 heterocycles. The van der Waals surface area contributed by atoms with Crippen LogP contribution < -0.4 is 10.6 Å². The number of amides is 2. The van der Waals surface area contributed by atoms with Crippen molar-refractivity contribution in [3.8, 4) is 0 Å². The van der Waals surface area contributed by atoms with Crippen LogP contribution in [0.4, 0.5) is 28.0 Å². The number of hydrogen-bond donors (Lipinski definition) is 3. The van der Waals surface area contributed by atoms with Gasteiger partial charge in [0.2, 0.25) is 0 Å². The highest BCUT2D eigenvalue weighted by atomic mass is 32.2. The van der Waals surface area contributed by atoms with Gasteiger partial charge in [-0.3, -0.25) is 0 Å². The van der Waals surface area contributed by atoms with Crippen LogP contribution in [0.2, 0.25) is 0 Å². The molecule has 0 radical (unpaired) electrons. The zero-order valence-corrected chi connectivity index (χ0v) is 11.1. The van der Waals surface area contributed by atoms with E-state index in [1.165, 1.54) is 0 Å². The number of benzene rings is 1. The number of aromatic carboxylic acids is 1. The third kappa shape index (κ3) is 6.34. The lowest BCUT2D eigenvalue weighted by molar-refractivity contribution is -0.0327. The standard InChI is InChI=1S/C11H10F4N2O3S/c12-7-5-6(9(18)19)1-2-8(7)17-10(20)16-3-4-21-11(13,14)15/h1-2,5H,3-4H2,(H,18,19)(H2,16,17,20). The van der Waals surface area contributed by atoms with Crippen molar-refractivity contribution < 1.29 is 32.3 Å². The minimum absolute atomic E-state index is 0.259. The first kappa shape index (κ1) is 17.1. The molecule has 5 nitrogen and oxygen atoms in total. The normalized spacial score (nSPS) is 11.0. The number of carboxylic acid groups (broad SMARTS) is 1. The molecule has 0 aromatic heterocycles. The number of thioether (sulfide) groups is 1. The van der Waals surface area contributed by atoms with Crippen molar-refractivity contribution in [1.82, 2.24) is 5.32 Å². The average Bonchev–Trinajstić information content (AvgIpc) is 2.36. The first-order valence-corrected chi connectivity index (χ1v) is 6.46. The van der Waals surface area contributed by atoms with Gasteiger partial charge in [-0.2, -0.15) is 13.2 Å². The molecule has 0 aliphatic carbocycles. The molecule has 0 aliphatic rings. The van der Waals surface area contributed by atoms with Gasteiger partial charge in [0.25, 0.3) is 0 Å². The number of rotatable bonds is 5. The summed E-state index contributed by atoms with van der Waals surface area (Å²) in [7, 11) is 0. The lowest BCUT2D eigenvalue weighted by atomic mass is 10.2. The van der Waals surface area contributed by atoms with E-state index in [1.54, 1.807) is 0 Å². The van der Waals surface area contributed by atoms with Crippen molar-refractivity contribution in [2.24, 2.45) is 0 Å². The number of urea groups is 1. The third-order valence-corrected chi connectivity index (χ3v) is 2.85. The smallest absolute Gasteiger partial charge is 0.441 e. The molecule has 2 amide bonds. The predicted molar refractivity (Wildman–Crippen MR) is 68.9 cm³/mol. The van der Waals surface area contributed by atoms with Crippen molar-refractivity contribution in [2.45, 2.75) is 5.51 Å². The van der Waals surface area contributed by atoms with Gasteiger partial charge in [-0.05, 0) is 30.0 Å². The summed E-state index contributed by atoms with van der Waals surface area (Å²) in [5.41, 5.74) is -4.95. The van der Waals surface area contributed by atoms with Gasteiger partial charge in [0.1, 0.15) is 5.82 Å². The van der Waals surface area contributed by atoms with E-state index in [4.69, 9.17) is 5.11 Å². The van der Waals surface area contributed by atoms with Crippen LogP contribution in [0, 0.1) is 5.82 Å². The molecule has 0 saturated heterocycles. The van der Waals surface area contributed by atoms with Gasteiger partial charge in [0.05, 0.1) is 11.3 Å². The number of alkyl halides is 3. The van der Waals surface area contributed by atoms with Crippen molar-refractivity contribution in [1.29, 1.82) is 0 Å². The highest BCUT2D eigenvalue weighted by Gasteiger charge is 2.27. The number of anilines is 1. The Bertz CT molecular complexity index is 537. The summed E-state index contributed by atoms with van der Waals surface area (Å²) in [6, 6.07) is 1.96. The van der Waals surface area contributed by atoms with Gasteiger partial charge in [0.15, 0.2) is 0 Å². The fraction of sp³-hybridized carbons (Fsp3) is 0.273. The Hall–Kier alpha value is -1.97. The summed E-state index contributed by atoms with van der Waals surface area (Å²) in [4.78, 5) is 21.9. The molecule has 1 aromatic rings. The van der Waals surface area contributed by atoms with Crippen LogP contribution in [-0.4, -0.2) is 34.9 Å². The molecule has 0 spiro atoms. The number of carboxylic acids is 1. The molecule has 0 fully saturated rings. The van der Waals surface area contributed by atoms with Crippen LogP contribution in [0.5, 0.6) is 0 Å². The average molecular weight is 326 g/mol. The van der Waals surface area contributed by atoms with Crippen molar-refractivity contribution in [2.75, 3.05) is 17.6 Å². The van der Waals surface area contributed by atoms with Gasteiger partial charge in [-0.15, -0.1) is 0 Å². The molecule has 0 unspecified atom stereocenters. The lowest BCUT2D eigenvalue weighted by Gasteiger charge is -2.09. The Morgan fingerprint density at radius 2 is 1.95 bits per heavy atom. The number of carbonyl (C=O) groups excluding carboxylic acids is 1. The summed E-state index contributed by atoms with van der Waals surface area (Å²) in [5.74, 6) is -2.67. The molecule has 1 aromatic carbocycles. The van der Waals surface area contributed by atoms with Gasteiger partial charge in [-0.25, -0.2) is 14.0 Å².